The van der Waals surface area contributed by atoms with E-state index in [1.807, 2.05) is 29.7 Å². The molecule has 3 unspecified atom stereocenters. The molecule has 194 valence electrons. The molecule has 1 amide bonds. The lowest BCUT2D eigenvalue weighted by Crippen LogP contribution is -2.34. The number of carbonyl (C=O) groups is 2. The molecule has 1 aromatic heterocycles. The highest BCUT2D eigenvalue weighted by atomic mass is 35.5. The molecule has 0 radical (unpaired) electrons. The molecule has 1 N–H and O–H groups in total. The summed E-state index contributed by atoms with van der Waals surface area (Å²) < 4.78 is 7.10. The van der Waals surface area contributed by atoms with Crippen molar-refractivity contribution in [2.75, 3.05) is 7.11 Å². The first-order chi connectivity index (χ1) is 17.6. The molecule has 9 heteroatoms. The molecule has 37 heavy (non-hydrogen) atoms. The van der Waals surface area contributed by atoms with Gasteiger partial charge in [0.1, 0.15) is 5.75 Å². The number of hydrogen-bond acceptors (Lipinski definition) is 6. The number of hydrogen-bond donors (Lipinski definition) is 1. The topological polar surface area (TPSA) is 86.1 Å². The van der Waals surface area contributed by atoms with Crippen LogP contribution >= 0.6 is 23.4 Å². The Morgan fingerprint density at radius 3 is 2.57 bits per heavy atom. The minimum atomic E-state index is -0.318. The van der Waals surface area contributed by atoms with E-state index in [1.165, 1.54) is 11.8 Å². The fourth-order valence-electron chi connectivity index (χ4n) is 5.83. The van der Waals surface area contributed by atoms with Crippen LogP contribution in [-0.2, 0) is 11.3 Å². The van der Waals surface area contributed by atoms with E-state index in [0.717, 1.165) is 24.1 Å². The van der Waals surface area contributed by atoms with E-state index in [4.69, 9.17) is 16.3 Å². The molecule has 0 aliphatic heterocycles. The van der Waals surface area contributed by atoms with Crippen LogP contribution in [0.3, 0.4) is 0 Å². The van der Waals surface area contributed by atoms with Crippen LogP contribution in [0.15, 0.2) is 47.6 Å². The number of rotatable bonds is 7. The maximum Gasteiger partial charge on any atom is 0.251 e. The minimum absolute atomic E-state index is 0.0618. The van der Waals surface area contributed by atoms with Crippen LogP contribution in [0.25, 0.3) is 5.69 Å². The van der Waals surface area contributed by atoms with Crippen molar-refractivity contribution in [1.82, 2.24) is 20.1 Å². The number of aromatic nitrogens is 3. The van der Waals surface area contributed by atoms with E-state index >= 15 is 0 Å². The van der Waals surface area contributed by atoms with Gasteiger partial charge < -0.3 is 10.1 Å². The van der Waals surface area contributed by atoms with Gasteiger partial charge in [0.2, 0.25) is 0 Å². The third kappa shape index (κ3) is 4.14. The van der Waals surface area contributed by atoms with Crippen LogP contribution in [0.4, 0.5) is 0 Å². The van der Waals surface area contributed by atoms with E-state index in [2.05, 4.69) is 36.3 Å². The number of ether oxygens (including phenoxy) is 1. The Balaban J connectivity index is 1.46. The summed E-state index contributed by atoms with van der Waals surface area (Å²) in [5.74, 6) is 1.59. The third-order valence-electron chi connectivity index (χ3n) is 8.64. The maximum atomic E-state index is 13.5. The Bertz CT molecular complexity index is 1370. The van der Waals surface area contributed by atoms with E-state index < -0.39 is 0 Å². The Morgan fingerprint density at radius 1 is 1.19 bits per heavy atom. The second kappa shape index (κ2) is 9.48. The Hall–Kier alpha value is -2.84. The number of nitrogens with one attached hydrogen (secondary N) is 1. The molecule has 0 saturated heterocycles. The molecule has 0 spiro atoms. The van der Waals surface area contributed by atoms with Crippen LogP contribution in [0.2, 0.25) is 5.02 Å². The highest BCUT2D eigenvalue weighted by Crippen LogP contribution is 2.66. The second-order valence-electron chi connectivity index (χ2n) is 10.6. The molecule has 5 rings (SSSR count). The number of halogens is 1. The van der Waals surface area contributed by atoms with Gasteiger partial charge in [-0.3, -0.25) is 14.2 Å². The molecule has 2 aliphatic rings. The molecule has 2 aromatic carbocycles. The van der Waals surface area contributed by atoms with Crippen LogP contribution in [0.1, 0.15) is 55.4 Å². The van der Waals surface area contributed by atoms with E-state index in [9.17, 15) is 9.59 Å². The molecule has 1 heterocycles. The zero-order valence-electron chi connectivity index (χ0n) is 21.7. The number of Topliss-reactive ketones (excluding diaryl/α,β-unsaturated/α-hetero) is 1. The first-order valence-corrected chi connectivity index (χ1v) is 13.7. The minimum Gasteiger partial charge on any atom is -0.497 e. The van der Waals surface area contributed by atoms with Crippen LogP contribution in [0, 0.1) is 23.7 Å². The average molecular weight is 539 g/mol. The number of fused-ring (bicyclic) bond motifs is 2. The SMILES string of the molecule is COc1ccc(C(=O)NCc2nnc(SC3C(=O)C4(C)CCC3C4(C)C)n2-c2cccc(Cl)c2C)cc1. The van der Waals surface area contributed by atoms with Crippen LogP contribution in [0.5, 0.6) is 5.75 Å². The van der Waals surface area contributed by atoms with Crippen molar-refractivity contribution in [3.8, 4) is 11.4 Å². The summed E-state index contributed by atoms with van der Waals surface area (Å²) in [5.41, 5.74) is 1.84. The molecule has 2 saturated carbocycles. The Morgan fingerprint density at radius 2 is 1.92 bits per heavy atom. The standard InChI is InChI=1S/C28H31ClN4O3S/c1-16-20(29)7-6-8-21(16)33-22(15-30-25(35)17-9-11-18(36-5)12-10-17)31-32-26(33)37-23-19-13-14-28(4,24(23)34)27(19,2)3/h6-12,19,23H,13-15H2,1-5H3,(H,30,35). The zero-order valence-corrected chi connectivity index (χ0v) is 23.2. The summed E-state index contributed by atoms with van der Waals surface area (Å²) in [7, 11) is 1.58. The quantitative estimate of drug-likeness (QED) is 0.418. The molecular formula is C28H31ClN4O3S. The third-order valence-corrected chi connectivity index (χ3v) is 10.3. The lowest BCUT2D eigenvalue weighted by molar-refractivity contribution is -0.127. The van der Waals surface area contributed by atoms with Gasteiger partial charge in [-0.2, -0.15) is 0 Å². The smallest absolute Gasteiger partial charge is 0.251 e. The largest absolute Gasteiger partial charge is 0.497 e. The van der Waals surface area contributed by atoms with Crippen molar-refractivity contribution in [3.05, 3.63) is 64.4 Å². The molecule has 2 fully saturated rings. The van der Waals surface area contributed by atoms with Gasteiger partial charge in [0, 0.05) is 16.0 Å². The summed E-state index contributed by atoms with van der Waals surface area (Å²) in [6.07, 6.45) is 1.96. The van der Waals surface area contributed by atoms with Gasteiger partial charge >= 0.3 is 0 Å². The number of amides is 1. The average Bonchev–Trinajstić information content (AvgIpc) is 3.43. The monoisotopic (exact) mass is 538 g/mol. The fourth-order valence-corrected chi connectivity index (χ4v) is 7.63. The number of thioether (sulfide) groups is 1. The fraction of sp³-hybridized carbons (Fsp3) is 0.429. The van der Waals surface area contributed by atoms with Crippen LogP contribution in [-0.4, -0.2) is 38.8 Å². The Kier molecular flexibility index (Phi) is 6.61. The molecule has 3 aromatic rings. The van der Waals surface area contributed by atoms with Crippen LogP contribution < -0.4 is 10.1 Å². The van der Waals surface area contributed by atoms with Gasteiger partial charge in [0.15, 0.2) is 16.8 Å². The van der Waals surface area contributed by atoms with Crippen molar-refractivity contribution in [3.63, 3.8) is 0 Å². The first kappa shape index (κ1) is 25.8. The predicted molar refractivity (Wildman–Crippen MR) is 145 cm³/mol. The van der Waals surface area contributed by atoms with Gasteiger partial charge in [0.25, 0.3) is 5.91 Å². The number of benzene rings is 2. The summed E-state index contributed by atoms with van der Waals surface area (Å²) in [4.78, 5) is 26.4. The number of nitrogens with zero attached hydrogens (tertiary/aromatic N) is 3. The number of methoxy groups -OCH3 is 1. The highest BCUT2D eigenvalue weighted by Gasteiger charge is 2.66. The van der Waals surface area contributed by atoms with Crippen molar-refractivity contribution in [1.29, 1.82) is 0 Å². The normalized spacial score (nSPS) is 23.9. The van der Waals surface area contributed by atoms with E-state index in [-0.39, 0.29) is 34.4 Å². The van der Waals surface area contributed by atoms with Crippen molar-refractivity contribution < 1.29 is 14.3 Å². The second-order valence-corrected chi connectivity index (χ2v) is 12.1. The summed E-state index contributed by atoms with van der Waals surface area (Å²) in [6, 6.07) is 12.6. The zero-order chi connectivity index (χ0) is 26.5. The molecule has 3 atom stereocenters. The van der Waals surface area contributed by atoms with Crippen molar-refractivity contribution in [2.45, 2.75) is 57.5 Å². The predicted octanol–water partition coefficient (Wildman–Crippen LogP) is 5.65. The van der Waals surface area contributed by atoms with Gasteiger partial charge in [-0.05, 0) is 73.1 Å². The number of carbonyl (C=O) groups excluding carboxylic acids is 2. The Labute approximate surface area is 226 Å². The summed E-state index contributed by atoms with van der Waals surface area (Å²) in [6.45, 7) is 8.65. The van der Waals surface area contributed by atoms with Gasteiger partial charge in [-0.25, -0.2) is 0 Å². The van der Waals surface area contributed by atoms with Gasteiger partial charge in [0.05, 0.1) is 24.6 Å². The summed E-state index contributed by atoms with van der Waals surface area (Å²) >= 11 is 7.96. The maximum absolute atomic E-state index is 13.5. The molecular weight excluding hydrogens is 508 g/mol. The highest BCUT2D eigenvalue weighted by molar-refractivity contribution is 8.00. The van der Waals surface area contributed by atoms with Crippen molar-refractivity contribution >= 4 is 35.1 Å². The molecule has 2 bridgehead atoms. The van der Waals surface area contributed by atoms with Gasteiger partial charge in [-0.1, -0.05) is 50.2 Å². The van der Waals surface area contributed by atoms with E-state index in [1.54, 1.807) is 31.4 Å². The lowest BCUT2D eigenvalue weighted by Gasteiger charge is -2.32. The first-order valence-electron chi connectivity index (χ1n) is 12.4. The van der Waals surface area contributed by atoms with Gasteiger partial charge in [-0.15, -0.1) is 10.2 Å². The lowest BCUT2D eigenvalue weighted by atomic mass is 9.70. The van der Waals surface area contributed by atoms with E-state index in [0.29, 0.717) is 33.1 Å². The number of ketones is 1. The van der Waals surface area contributed by atoms with Crippen molar-refractivity contribution in [2.24, 2.45) is 16.7 Å². The molecule has 2 aliphatic carbocycles. The summed E-state index contributed by atoms with van der Waals surface area (Å²) in [5, 5.41) is 13.0. The molecule has 7 nitrogen and oxygen atoms in total.